The number of anilines is 2. The van der Waals surface area contributed by atoms with Crippen molar-refractivity contribution in [1.29, 1.82) is 0 Å². The molecular formula is C72H78Cl2N4O10S2. The molecule has 0 radical (unpaired) electrons. The number of hydrogen-bond acceptors (Lipinski definition) is 12. The number of sulfonamides is 2. The Bertz CT molecular complexity index is 3710. The maximum atomic E-state index is 13.7. The minimum atomic E-state index is -4.08. The lowest BCUT2D eigenvalue weighted by Gasteiger charge is -2.45. The van der Waals surface area contributed by atoms with E-state index < -0.39 is 54.6 Å². The van der Waals surface area contributed by atoms with Crippen LogP contribution in [0.1, 0.15) is 142 Å². The van der Waals surface area contributed by atoms with Crippen molar-refractivity contribution in [2.24, 2.45) is 23.7 Å². The average Bonchev–Trinajstić information content (AvgIpc) is 1.49. The highest BCUT2D eigenvalue weighted by Gasteiger charge is 2.47. The number of rotatable bonds is 2. The summed E-state index contributed by atoms with van der Waals surface area (Å²) in [6.45, 7) is 3.76. The third kappa shape index (κ3) is 12.7. The number of nitrogens with one attached hydrogen (secondary N) is 2. The highest BCUT2D eigenvalue weighted by atomic mass is 35.5. The van der Waals surface area contributed by atoms with Gasteiger partial charge in [0, 0.05) is 58.2 Å². The number of aryl methyl sites for hydroxylation is 2. The van der Waals surface area contributed by atoms with Crippen molar-refractivity contribution in [2.75, 3.05) is 49.2 Å². The summed E-state index contributed by atoms with van der Waals surface area (Å²) in [5.74, 6) is 0.779. The maximum absolute atomic E-state index is 13.7. The van der Waals surface area contributed by atoms with Gasteiger partial charge in [-0.25, -0.2) is 26.3 Å². The number of benzene rings is 6. The van der Waals surface area contributed by atoms with Gasteiger partial charge in [0.15, 0.2) is 0 Å². The van der Waals surface area contributed by atoms with E-state index in [9.17, 15) is 36.6 Å². The highest BCUT2D eigenvalue weighted by Crippen LogP contribution is 2.50. The van der Waals surface area contributed by atoms with Crippen LogP contribution in [0.5, 0.6) is 11.5 Å². The molecule has 2 amide bonds. The topological polar surface area (TPSA) is 192 Å². The Morgan fingerprint density at radius 3 is 1.33 bits per heavy atom. The molecule has 90 heavy (non-hydrogen) atoms. The van der Waals surface area contributed by atoms with Crippen LogP contribution >= 0.6 is 23.2 Å². The molecule has 14 nitrogen and oxygen atoms in total. The maximum Gasteiger partial charge on any atom is 0.264 e. The van der Waals surface area contributed by atoms with Gasteiger partial charge in [-0.05, 0) is 208 Å². The molecule has 472 valence electrons. The van der Waals surface area contributed by atoms with E-state index in [0.717, 1.165) is 85.6 Å². The van der Waals surface area contributed by atoms with Gasteiger partial charge >= 0.3 is 0 Å². The molecule has 18 heteroatoms. The summed E-state index contributed by atoms with van der Waals surface area (Å²) in [6, 6.07) is 40.7. The van der Waals surface area contributed by atoms with Crippen LogP contribution in [0.3, 0.4) is 0 Å². The Balaban J connectivity index is 0.000000165. The van der Waals surface area contributed by atoms with E-state index in [1.807, 2.05) is 48.6 Å². The number of allylic oxidation sites excluding steroid dienone is 2. The smallest absolute Gasteiger partial charge is 0.264 e. The predicted octanol–water partition coefficient (Wildman–Crippen LogP) is 12.7. The van der Waals surface area contributed by atoms with Crippen LogP contribution in [-0.4, -0.2) is 90.5 Å². The Morgan fingerprint density at radius 1 is 0.511 bits per heavy atom. The number of carbonyl (C=O) groups is 2. The van der Waals surface area contributed by atoms with Gasteiger partial charge in [0.25, 0.3) is 11.8 Å². The fourth-order valence-corrected chi connectivity index (χ4v) is 19.1. The number of fused-ring (bicyclic) bond motifs is 8. The van der Waals surface area contributed by atoms with Gasteiger partial charge in [-0.15, -0.1) is 0 Å². The molecule has 4 aliphatic carbocycles. The van der Waals surface area contributed by atoms with E-state index in [2.05, 4.69) is 43.5 Å². The van der Waals surface area contributed by atoms with Gasteiger partial charge in [-0.2, -0.15) is 0 Å². The average molecular weight is 1290 g/mol. The molecule has 0 unspecified atom stereocenters. The molecule has 4 heterocycles. The normalized spacial score (nSPS) is 30.1. The second kappa shape index (κ2) is 25.8. The number of ether oxygens (including phenoxy) is 2. The van der Waals surface area contributed by atoms with Crippen molar-refractivity contribution >= 4 is 66.4 Å². The molecule has 2 saturated carbocycles. The number of amides is 2. The fourth-order valence-electron chi connectivity index (χ4n) is 15.7. The summed E-state index contributed by atoms with van der Waals surface area (Å²) in [7, 11) is -8.15. The predicted molar refractivity (Wildman–Crippen MR) is 353 cm³/mol. The van der Waals surface area contributed by atoms with E-state index in [1.165, 1.54) is 22.3 Å². The molecule has 10 atom stereocenters. The number of aliphatic hydroxyl groups excluding tert-OH is 2. The third-order valence-electron chi connectivity index (χ3n) is 20.8. The number of nitrogens with zero attached hydrogens (tertiary/aromatic N) is 2. The molecule has 0 saturated heterocycles. The molecular weight excluding hydrogens is 1220 g/mol. The Hall–Kier alpha value is -6.66. The van der Waals surface area contributed by atoms with Gasteiger partial charge in [0.1, 0.15) is 22.0 Å². The van der Waals surface area contributed by atoms with Gasteiger partial charge in [0.2, 0.25) is 20.0 Å². The molecule has 8 aliphatic rings. The molecule has 4 N–H and O–H groups in total. The number of hydrogen-bond donors (Lipinski definition) is 4. The lowest BCUT2D eigenvalue weighted by molar-refractivity contribution is 0.0454. The van der Waals surface area contributed by atoms with Crippen LogP contribution in [-0.2, 0) is 43.7 Å². The summed E-state index contributed by atoms with van der Waals surface area (Å²) in [6.07, 6.45) is 17.5. The van der Waals surface area contributed by atoms with Gasteiger partial charge in [0.05, 0.1) is 36.8 Å². The van der Waals surface area contributed by atoms with Crippen molar-refractivity contribution in [3.8, 4) is 11.5 Å². The first-order chi connectivity index (χ1) is 43.4. The first-order valence-corrected chi connectivity index (χ1v) is 35.8. The monoisotopic (exact) mass is 1290 g/mol. The van der Waals surface area contributed by atoms with Crippen molar-refractivity contribution < 1.29 is 46.1 Å². The van der Waals surface area contributed by atoms with Gasteiger partial charge < -0.3 is 29.5 Å². The van der Waals surface area contributed by atoms with Crippen molar-refractivity contribution in [1.82, 2.24) is 9.44 Å². The Morgan fingerprint density at radius 2 is 0.933 bits per heavy atom. The third-order valence-corrected chi connectivity index (χ3v) is 24.7. The van der Waals surface area contributed by atoms with Crippen LogP contribution in [0.4, 0.5) is 11.4 Å². The largest absolute Gasteiger partial charge is 0.490 e. The summed E-state index contributed by atoms with van der Waals surface area (Å²) in [5, 5.41) is 22.1. The van der Waals surface area contributed by atoms with E-state index in [0.29, 0.717) is 74.9 Å². The van der Waals surface area contributed by atoms with Crippen molar-refractivity contribution in [3.63, 3.8) is 0 Å². The first kappa shape index (κ1) is 62.2. The summed E-state index contributed by atoms with van der Waals surface area (Å²) in [4.78, 5) is 31.9. The molecule has 2 spiro atoms. The van der Waals surface area contributed by atoms with Crippen molar-refractivity contribution in [3.05, 3.63) is 212 Å². The number of halogens is 2. The van der Waals surface area contributed by atoms with Gasteiger partial charge in [-0.3, -0.25) is 9.59 Å². The summed E-state index contributed by atoms with van der Waals surface area (Å²) < 4.78 is 72.7. The standard InChI is InChI=1S/2C36H39ClN2O5S/c2*37-28-14-16-30-25(19-28)9-6-18-36(30)22-39-21-27-12-15-29(27)32(40)10-4-5-11-34(24-7-2-1-3-8-24)45(42,43)38-35(41)26-13-17-33(44-23-36)31(39)20-26/h2*1-4,7-8,10,13-14,16-17,19-20,27,29,32,34,40H,5-6,9,11-12,15,18,21-23H2,(H,38,41)/b2*10-4+/t27-,29+,32-,34+,36-;27-,29+,32-,34-,36-/m00/s1. The molecule has 2 fully saturated rings. The van der Waals surface area contributed by atoms with Crippen LogP contribution in [0.25, 0.3) is 0 Å². The van der Waals surface area contributed by atoms with E-state index in [-0.39, 0.29) is 58.5 Å². The van der Waals surface area contributed by atoms with Crippen molar-refractivity contribution in [2.45, 2.75) is 123 Å². The van der Waals surface area contributed by atoms with E-state index >= 15 is 0 Å². The minimum Gasteiger partial charge on any atom is -0.490 e. The lowest BCUT2D eigenvalue weighted by atomic mass is 9.68. The number of aliphatic hydroxyl groups is 2. The fraction of sp³-hybridized carbons (Fsp3) is 0.417. The zero-order valence-electron chi connectivity index (χ0n) is 50.4. The Labute approximate surface area is 538 Å². The minimum absolute atomic E-state index is 0.107. The number of carbonyl (C=O) groups excluding carboxylic acids is 2. The highest BCUT2D eigenvalue weighted by molar-refractivity contribution is 7.90. The summed E-state index contributed by atoms with van der Waals surface area (Å²) in [5.41, 5.74) is 7.78. The zero-order chi connectivity index (χ0) is 62.4. The van der Waals surface area contributed by atoms with Gasteiger partial charge in [-0.1, -0.05) is 120 Å². The second-order valence-electron chi connectivity index (χ2n) is 26.3. The molecule has 6 aromatic rings. The van der Waals surface area contributed by atoms with Crippen LogP contribution in [0.2, 0.25) is 10.0 Å². The van der Waals surface area contributed by atoms with Crippen LogP contribution in [0.15, 0.2) is 158 Å². The molecule has 4 aliphatic heterocycles. The van der Waals surface area contributed by atoms with E-state index in [4.69, 9.17) is 32.7 Å². The SMILES string of the molecule is O=C1NS(=O)(=O)[C@@H](c2ccccc2)CC/C=C/[C@H](O)[C@@H]2CC[C@H]2CN2C[C@@]3(CCCc4cc(Cl)ccc43)COc3ccc1cc32.O=C1NS(=O)(=O)[C@H](c2ccccc2)CC/C=C/[C@H](O)[C@@H]2CC[C@H]2CN2C[C@@]3(CCCc4cc(Cl)ccc43)COc3ccc1cc32. The quantitative estimate of drug-likeness (QED) is 0.120. The lowest BCUT2D eigenvalue weighted by Crippen LogP contribution is -2.49. The zero-order valence-corrected chi connectivity index (χ0v) is 53.5. The van der Waals surface area contributed by atoms with Crippen LogP contribution in [0, 0.1) is 23.7 Å². The summed E-state index contributed by atoms with van der Waals surface area (Å²) >= 11 is 12.8. The molecule has 4 bridgehead atoms. The second-order valence-corrected chi connectivity index (χ2v) is 30.9. The first-order valence-electron chi connectivity index (χ1n) is 32.0. The van der Waals surface area contributed by atoms with Crippen LogP contribution < -0.4 is 28.7 Å². The van der Waals surface area contributed by atoms with E-state index in [1.54, 1.807) is 84.9 Å². The molecule has 6 aromatic carbocycles. The molecule has 14 rings (SSSR count). The Kier molecular flexibility index (Phi) is 17.8. The molecule has 0 aromatic heterocycles.